The maximum atomic E-state index is 12.2. The van der Waals surface area contributed by atoms with E-state index in [0.717, 1.165) is 22.2 Å². The summed E-state index contributed by atoms with van der Waals surface area (Å²) in [4.78, 5) is 20.4. The van der Waals surface area contributed by atoms with Crippen molar-refractivity contribution in [3.8, 4) is 0 Å². The lowest BCUT2D eigenvalue weighted by atomic mass is 10.1. The number of carbonyl (C=O) groups excluding carboxylic acids is 1. The number of nitrogens with zero attached hydrogens (tertiary/aromatic N) is 2. The predicted octanol–water partition coefficient (Wildman–Crippen LogP) is 3.19. The van der Waals surface area contributed by atoms with Crippen LogP contribution >= 0.6 is 0 Å². The van der Waals surface area contributed by atoms with E-state index in [1.54, 1.807) is 36.8 Å². The topological polar surface area (TPSA) is 54.9 Å². The van der Waals surface area contributed by atoms with E-state index in [1.807, 2.05) is 25.1 Å². The van der Waals surface area contributed by atoms with Crippen LogP contribution in [0.2, 0.25) is 0 Å². The van der Waals surface area contributed by atoms with Crippen molar-refractivity contribution in [2.45, 2.75) is 6.92 Å². The Morgan fingerprint density at radius 3 is 2.65 bits per heavy atom. The van der Waals surface area contributed by atoms with Crippen LogP contribution in [0.15, 0.2) is 55.0 Å². The fraction of sp³-hybridized carbons (Fsp3) is 0.0625. The van der Waals surface area contributed by atoms with Gasteiger partial charge >= 0.3 is 0 Å². The van der Waals surface area contributed by atoms with Crippen molar-refractivity contribution in [1.29, 1.82) is 0 Å². The number of anilines is 1. The largest absolute Gasteiger partial charge is 0.321 e. The van der Waals surface area contributed by atoms with Crippen LogP contribution in [0.4, 0.5) is 5.69 Å². The molecule has 0 bridgehead atoms. The maximum Gasteiger partial charge on any atom is 0.255 e. The van der Waals surface area contributed by atoms with Crippen molar-refractivity contribution in [3.63, 3.8) is 0 Å². The molecular formula is C16H13N3O. The molecule has 0 aliphatic rings. The standard InChI is InChI=1S/C16H13N3O/c1-11-2-3-14-13(10-11)15(6-9-18-14)19-16(20)12-4-7-17-8-5-12/h2-10H,1H3,(H,18,19,20). The number of fused-ring (bicyclic) bond motifs is 1. The second-order valence-corrected chi connectivity index (χ2v) is 4.57. The molecule has 1 amide bonds. The van der Waals surface area contributed by atoms with Crippen molar-refractivity contribution in [1.82, 2.24) is 9.97 Å². The van der Waals surface area contributed by atoms with Crippen molar-refractivity contribution in [3.05, 3.63) is 66.1 Å². The zero-order valence-electron chi connectivity index (χ0n) is 11.0. The molecule has 0 saturated carbocycles. The van der Waals surface area contributed by atoms with Crippen LogP contribution in [-0.2, 0) is 0 Å². The number of aromatic nitrogens is 2. The number of nitrogens with one attached hydrogen (secondary N) is 1. The Bertz CT molecular complexity index is 769. The van der Waals surface area contributed by atoms with Crippen LogP contribution in [0.5, 0.6) is 0 Å². The van der Waals surface area contributed by atoms with Gasteiger partial charge in [-0.15, -0.1) is 0 Å². The number of benzene rings is 1. The monoisotopic (exact) mass is 263 g/mol. The highest BCUT2D eigenvalue weighted by Gasteiger charge is 2.08. The molecule has 0 aliphatic heterocycles. The summed E-state index contributed by atoms with van der Waals surface area (Å²) >= 11 is 0. The minimum atomic E-state index is -0.151. The van der Waals surface area contributed by atoms with E-state index in [2.05, 4.69) is 15.3 Å². The van der Waals surface area contributed by atoms with E-state index in [-0.39, 0.29) is 5.91 Å². The molecule has 2 aromatic heterocycles. The van der Waals surface area contributed by atoms with Crippen molar-refractivity contribution in [2.24, 2.45) is 0 Å². The lowest BCUT2D eigenvalue weighted by Gasteiger charge is -2.08. The van der Waals surface area contributed by atoms with Crippen LogP contribution in [0.3, 0.4) is 0 Å². The van der Waals surface area contributed by atoms with Gasteiger partial charge in [-0.25, -0.2) is 0 Å². The van der Waals surface area contributed by atoms with Gasteiger partial charge in [-0.2, -0.15) is 0 Å². The zero-order chi connectivity index (χ0) is 13.9. The number of amides is 1. The Balaban J connectivity index is 1.99. The zero-order valence-corrected chi connectivity index (χ0v) is 11.0. The van der Waals surface area contributed by atoms with Crippen LogP contribution in [0.1, 0.15) is 15.9 Å². The molecule has 2 heterocycles. The van der Waals surface area contributed by atoms with Crippen LogP contribution in [-0.4, -0.2) is 15.9 Å². The van der Waals surface area contributed by atoms with Gasteiger partial charge in [-0.1, -0.05) is 11.6 Å². The highest BCUT2D eigenvalue weighted by atomic mass is 16.1. The number of aryl methyl sites for hydroxylation is 1. The highest BCUT2D eigenvalue weighted by molar-refractivity contribution is 6.08. The summed E-state index contributed by atoms with van der Waals surface area (Å²) in [6, 6.07) is 11.1. The molecule has 20 heavy (non-hydrogen) atoms. The van der Waals surface area contributed by atoms with E-state index in [9.17, 15) is 4.79 Å². The second-order valence-electron chi connectivity index (χ2n) is 4.57. The van der Waals surface area contributed by atoms with Gasteiger partial charge in [-0.3, -0.25) is 14.8 Å². The summed E-state index contributed by atoms with van der Waals surface area (Å²) in [7, 11) is 0. The third-order valence-electron chi connectivity index (χ3n) is 3.09. The Kier molecular flexibility index (Phi) is 3.13. The summed E-state index contributed by atoms with van der Waals surface area (Å²) in [5, 5.41) is 3.86. The lowest BCUT2D eigenvalue weighted by Crippen LogP contribution is -2.12. The van der Waals surface area contributed by atoms with Crippen LogP contribution in [0, 0.1) is 6.92 Å². The molecule has 4 nitrogen and oxygen atoms in total. The Morgan fingerprint density at radius 1 is 1.05 bits per heavy atom. The van der Waals surface area contributed by atoms with Crippen molar-refractivity contribution < 1.29 is 4.79 Å². The number of rotatable bonds is 2. The first kappa shape index (κ1) is 12.3. The Labute approximate surface area is 116 Å². The molecule has 0 radical (unpaired) electrons. The third kappa shape index (κ3) is 2.36. The lowest BCUT2D eigenvalue weighted by molar-refractivity contribution is 0.102. The predicted molar refractivity (Wildman–Crippen MR) is 78.7 cm³/mol. The molecule has 0 spiro atoms. The molecule has 0 saturated heterocycles. The number of hydrogen-bond donors (Lipinski definition) is 1. The molecule has 3 aromatic rings. The van der Waals surface area contributed by atoms with E-state index >= 15 is 0 Å². The summed E-state index contributed by atoms with van der Waals surface area (Å²) in [6.07, 6.45) is 4.90. The highest BCUT2D eigenvalue weighted by Crippen LogP contribution is 2.23. The summed E-state index contributed by atoms with van der Waals surface area (Å²) in [5.41, 5.74) is 3.34. The molecule has 1 N–H and O–H groups in total. The molecule has 0 aliphatic carbocycles. The van der Waals surface area contributed by atoms with E-state index in [4.69, 9.17) is 0 Å². The van der Waals surface area contributed by atoms with Gasteiger partial charge in [0.2, 0.25) is 0 Å². The van der Waals surface area contributed by atoms with Gasteiger partial charge < -0.3 is 5.32 Å². The first-order chi connectivity index (χ1) is 9.74. The van der Waals surface area contributed by atoms with Gasteiger partial charge in [0.25, 0.3) is 5.91 Å². The quantitative estimate of drug-likeness (QED) is 0.772. The SMILES string of the molecule is Cc1ccc2nccc(NC(=O)c3ccncc3)c2c1. The molecule has 4 heteroatoms. The van der Waals surface area contributed by atoms with Gasteiger partial charge in [0.1, 0.15) is 0 Å². The molecule has 98 valence electrons. The number of carbonyl (C=O) groups is 1. The number of pyridine rings is 2. The minimum absolute atomic E-state index is 0.151. The fourth-order valence-electron chi connectivity index (χ4n) is 2.07. The second kappa shape index (κ2) is 5.09. The average molecular weight is 263 g/mol. The smallest absolute Gasteiger partial charge is 0.255 e. The van der Waals surface area contributed by atoms with Gasteiger partial charge in [-0.05, 0) is 37.3 Å². The molecule has 0 fully saturated rings. The first-order valence-corrected chi connectivity index (χ1v) is 6.31. The van der Waals surface area contributed by atoms with Gasteiger partial charge in [0.05, 0.1) is 11.2 Å². The molecule has 0 unspecified atom stereocenters. The summed E-state index contributed by atoms with van der Waals surface area (Å²) < 4.78 is 0. The third-order valence-corrected chi connectivity index (χ3v) is 3.09. The average Bonchev–Trinajstić information content (AvgIpc) is 2.49. The fourth-order valence-corrected chi connectivity index (χ4v) is 2.07. The molecule has 1 aromatic carbocycles. The minimum Gasteiger partial charge on any atom is -0.321 e. The van der Waals surface area contributed by atoms with E-state index < -0.39 is 0 Å². The van der Waals surface area contributed by atoms with E-state index in [1.165, 1.54) is 0 Å². The number of hydrogen-bond acceptors (Lipinski definition) is 3. The summed E-state index contributed by atoms with van der Waals surface area (Å²) in [5.74, 6) is -0.151. The summed E-state index contributed by atoms with van der Waals surface area (Å²) in [6.45, 7) is 2.01. The van der Waals surface area contributed by atoms with Crippen LogP contribution < -0.4 is 5.32 Å². The van der Waals surface area contributed by atoms with Gasteiger partial charge in [0, 0.05) is 29.5 Å². The normalized spacial score (nSPS) is 10.4. The molecule has 3 rings (SSSR count). The van der Waals surface area contributed by atoms with Crippen LogP contribution in [0.25, 0.3) is 10.9 Å². The molecular weight excluding hydrogens is 250 g/mol. The maximum absolute atomic E-state index is 12.2. The van der Waals surface area contributed by atoms with E-state index in [0.29, 0.717) is 5.56 Å². The Hall–Kier alpha value is -2.75. The van der Waals surface area contributed by atoms with Crippen molar-refractivity contribution >= 4 is 22.5 Å². The van der Waals surface area contributed by atoms with Crippen molar-refractivity contribution in [2.75, 3.05) is 5.32 Å². The first-order valence-electron chi connectivity index (χ1n) is 6.31. The Morgan fingerprint density at radius 2 is 1.85 bits per heavy atom. The van der Waals surface area contributed by atoms with Gasteiger partial charge in [0.15, 0.2) is 0 Å². The molecule has 0 atom stereocenters.